The smallest absolute Gasteiger partial charge is 0.325 e. The SMILES string of the molecule is Cc1[nH]cnc1-c1nccn1CCc1c[nH]c(=O)[nH]c1=O. The fourth-order valence-electron chi connectivity index (χ4n) is 2.16. The van der Waals surface area contributed by atoms with E-state index in [0.717, 1.165) is 17.2 Å². The normalized spacial score (nSPS) is 10.9. The molecule has 21 heavy (non-hydrogen) atoms. The van der Waals surface area contributed by atoms with Gasteiger partial charge in [-0.2, -0.15) is 0 Å². The Balaban J connectivity index is 1.84. The van der Waals surface area contributed by atoms with E-state index in [0.29, 0.717) is 18.5 Å². The molecule has 3 heterocycles. The van der Waals surface area contributed by atoms with Crippen molar-refractivity contribution < 1.29 is 0 Å². The second kappa shape index (κ2) is 5.23. The number of imidazole rings is 2. The van der Waals surface area contributed by atoms with Crippen LogP contribution in [0, 0.1) is 6.92 Å². The zero-order chi connectivity index (χ0) is 14.8. The zero-order valence-corrected chi connectivity index (χ0v) is 11.4. The van der Waals surface area contributed by atoms with Gasteiger partial charge in [0.2, 0.25) is 0 Å². The number of nitrogens with zero attached hydrogens (tertiary/aromatic N) is 3. The molecule has 0 unspecified atom stereocenters. The molecule has 3 aromatic rings. The number of hydrogen-bond donors (Lipinski definition) is 3. The van der Waals surface area contributed by atoms with Gasteiger partial charge in [-0.3, -0.25) is 9.78 Å². The zero-order valence-electron chi connectivity index (χ0n) is 11.4. The Morgan fingerprint density at radius 3 is 2.81 bits per heavy atom. The molecule has 0 spiro atoms. The summed E-state index contributed by atoms with van der Waals surface area (Å²) in [5.74, 6) is 0.745. The molecule has 108 valence electrons. The maximum atomic E-state index is 11.6. The van der Waals surface area contributed by atoms with E-state index in [1.165, 1.54) is 6.20 Å². The maximum absolute atomic E-state index is 11.6. The summed E-state index contributed by atoms with van der Waals surface area (Å²) in [6, 6.07) is 0. The summed E-state index contributed by atoms with van der Waals surface area (Å²) in [5.41, 5.74) is 1.38. The van der Waals surface area contributed by atoms with Gasteiger partial charge in [0.25, 0.3) is 5.56 Å². The van der Waals surface area contributed by atoms with Crippen LogP contribution in [0.4, 0.5) is 0 Å². The first-order chi connectivity index (χ1) is 10.1. The molecule has 0 aliphatic rings. The van der Waals surface area contributed by atoms with E-state index in [4.69, 9.17) is 0 Å². The second-order valence-corrected chi connectivity index (χ2v) is 4.67. The van der Waals surface area contributed by atoms with Crippen LogP contribution < -0.4 is 11.2 Å². The average Bonchev–Trinajstić information content (AvgIpc) is 3.06. The van der Waals surface area contributed by atoms with Gasteiger partial charge in [-0.15, -0.1) is 0 Å². The molecule has 0 aliphatic heterocycles. The molecule has 0 radical (unpaired) electrons. The van der Waals surface area contributed by atoms with Gasteiger partial charge in [0.05, 0.1) is 6.33 Å². The molecule has 0 fully saturated rings. The van der Waals surface area contributed by atoms with Crippen molar-refractivity contribution in [2.75, 3.05) is 0 Å². The van der Waals surface area contributed by atoms with E-state index < -0.39 is 5.69 Å². The Kier molecular flexibility index (Phi) is 3.27. The van der Waals surface area contributed by atoms with Crippen LogP contribution in [-0.4, -0.2) is 29.5 Å². The van der Waals surface area contributed by atoms with Gasteiger partial charge in [0, 0.05) is 36.4 Å². The molecular formula is C13H14N6O2. The van der Waals surface area contributed by atoms with Crippen molar-refractivity contribution in [1.82, 2.24) is 29.5 Å². The Morgan fingerprint density at radius 2 is 2.10 bits per heavy atom. The third-order valence-corrected chi connectivity index (χ3v) is 3.28. The molecule has 0 bridgehead atoms. The molecule has 0 atom stereocenters. The van der Waals surface area contributed by atoms with Crippen molar-refractivity contribution in [3.8, 4) is 11.5 Å². The van der Waals surface area contributed by atoms with Crippen LogP contribution in [0.1, 0.15) is 11.3 Å². The summed E-state index contributed by atoms with van der Waals surface area (Å²) in [4.78, 5) is 38.9. The van der Waals surface area contributed by atoms with Crippen molar-refractivity contribution in [1.29, 1.82) is 0 Å². The van der Waals surface area contributed by atoms with Crippen LogP contribution >= 0.6 is 0 Å². The minimum atomic E-state index is -0.501. The van der Waals surface area contributed by atoms with Crippen molar-refractivity contribution in [3.63, 3.8) is 0 Å². The van der Waals surface area contributed by atoms with E-state index in [2.05, 4.69) is 24.9 Å². The average molecular weight is 286 g/mol. The predicted octanol–water partition coefficient (Wildman–Crippen LogP) is 0.201. The minimum absolute atomic E-state index is 0.364. The number of H-pyrrole nitrogens is 3. The molecule has 3 aromatic heterocycles. The lowest BCUT2D eigenvalue weighted by Gasteiger charge is -2.06. The van der Waals surface area contributed by atoms with Gasteiger partial charge in [-0.05, 0) is 13.3 Å². The van der Waals surface area contributed by atoms with Crippen molar-refractivity contribution >= 4 is 0 Å². The first-order valence-electron chi connectivity index (χ1n) is 6.47. The highest BCUT2D eigenvalue weighted by atomic mass is 16.2. The lowest BCUT2D eigenvalue weighted by atomic mass is 10.2. The van der Waals surface area contributed by atoms with Gasteiger partial charge in [0.15, 0.2) is 5.82 Å². The highest BCUT2D eigenvalue weighted by Crippen LogP contribution is 2.17. The maximum Gasteiger partial charge on any atom is 0.325 e. The fraction of sp³-hybridized carbons (Fsp3) is 0.231. The Hall–Kier alpha value is -2.90. The second-order valence-electron chi connectivity index (χ2n) is 4.67. The lowest BCUT2D eigenvalue weighted by molar-refractivity contribution is 0.692. The highest BCUT2D eigenvalue weighted by Gasteiger charge is 2.11. The molecule has 8 nitrogen and oxygen atoms in total. The summed E-state index contributed by atoms with van der Waals surface area (Å²) < 4.78 is 1.92. The first kappa shape index (κ1) is 13.1. The third kappa shape index (κ3) is 2.55. The first-order valence-corrected chi connectivity index (χ1v) is 6.47. The van der Waals surface area contributed by atoms with Crippen LogP contribution in [0.15, 0.2) is 34.5 Å². The van der Waals surface area contributed by atoms with Crippen LogP contribution in [0.25, 0.3) is 11.5 Å². The molecule has 0 saturated heterocycles. The topological polar surface area (TPSA) is 112 Å². The minimum Gasteiger partial charge on any atom is -0.348 e. The summed E-state index contributed by atoms with van der Waals surface area (Å²) in [6.07, 6.45) is 7.08. The molecule has 0 aromatic carbocycles. The number of rotatable bonds is 4. The van der Waals surface area contributed by atoms with E-state index in [-0.39, 0.29) is 5.56 Å². The largest absolute Gasteiger partial charge is 0.348 e. The van der Waals surface area contributed by atoms with Crippen molar-refractivity contribution in [2.45, 2.75) is 19.9 Å². The number of nitrogens with one attached hydrogen (secondary N) is 3. The monoisotopic (exact) mass is 286 g/mol. The highest BCUT2D eigenvalue weighted by molar-refractivity contribution is 5.52. The Labute approximate surface area is 118 Å². The summed E-state index contributed by atoms with van der Waals surface area (Å²) in [6.45, 7) is 2.49. The van der Waals surface area contributed by atoms with Crippen molar-refractivity contribution in [3.05, 3.63) is 57.0 Å². The Bertz CT molecular complexity index is 869. The van der Waals surface area contributed by atoms with Crippen molar-refractivity contribution in [2.24, 2.45) is 0 Å². The summed E-state index contributed by atoms with van der Waals surface area (Å²) in [7, 11) is 0. The third-order valence-electron chi connectivity index (χ3n) is 3.28. The number of aromatic amines is 3. The Morgan fingerprint density at radius 1 is 1.24 bits per heavy atom. The van der Waals surface area contributed by atoms with Crippen LogP contribution in [-0.2, 0) is 13.0 Å². The molecule has 3 rings (SSSR count). The molecule has 0 saturated carbocycles. The van der Waals surface area contributed by atoms with E-state index >= 15 is 0 Å². The van der Waals surface area contributed by atoms with Gasteiger partial charge < -0.3 is 14.5 Å². The van der Waals surface area contributed by atoms with Gasteiger partial charge in [-0.25, -0.2) is 14.8 Å². The van der Waals surface area contributed by atoms with E-state index in [1.807, 2.05) is 17.7 Å². The predicted molar refractivity (Wildman–Crippen MR) is 75.9 cm³/mol. The molecular weight excluding hydrogens is 272 g/mol. The van der Waals surface area contributed by atoms with E-state index in [9.17, 15) is 9.59 Å². The van der Waals surface area contributed by atoms with Crippen LogP contribution in [0.5, 0.6) is 0 Å². The standard InChI is InChI=1S/C13H14N6O2/c1-8-10(17-7-16-8)11-14-3-5-19(11)4-2-9-6-15-13(21)18-12(9)20/h3,5-7H,2,4H2,1H3,(H,16,17)(H2,15,18,20,21). The number of aromatic nitrogens is 6. The lowest BCUT2D eigenvalue weighted by Crippen LogP contribution is -2.25. The molecule has 0 amide bonds. The molecule has 0 aliphatic carbocycles. The van der Waals surface area contributed by atoms with Crippen LogP contribution in [0.3, 0.4) is 0 Å². The van der Waals surface area contributed by atoms with E-state index in [1.54, 1.807) is 12.5 Å². The summed E-state index contributed by atoms with van der Waals surface area (Å²) in [5, 5.41) is 0. The number of hydrogen-bond acceptors (Lipinski definition) is 4. The quantitative estimate of drug-likeness (QED) is 0.636. The number of aryl methyl sites for hydroxylation is 3. The van der Waals surface area contributed by atoms with Gasteiger partial charge in [-0.1, -0.05) is 0 Å². The molecule has 3 N–H and O–H groups in total. The van der Waals surface area contributed by atoms with Gasteiger partial charge in [0.1, 0.15) is 5.69 Å². The molecule has 8 heteroatoms. The fourth-order valence-corrected chi connectivity index (χ4v) is 2.16. The summed E-state index contributed by atoms with van der Waals surface area (Å²) >= 11 is 0. The van der Waals surface area contributed by atoms with Crippen LogP contribution in [0.2, 0.25) is 0 Å². The van der Waals surface area contributed by atoms with Gasteiger partial charge >= 0.3 is 5.69 Å².